The second kappa shape index (κ2) is 12.4. The van der Waals surface area contributed by atoms with Gasteiger partial charge < -0.3 is 20.1 Å². The molecular weight excluding hydrogens is 502 g/mol. The quantitative estimate of drug-likeness (QED) is 0.367. The molecule has 1 fully saturated rings. The van der Waals surface area contributed by atoms with E-state index in [1.54, 1.807) is 38.5 Å². The van der Waals surface area contributed by atoms with Gasteiger partial charge in [-0.1, -0.05) is 42.0 Å². The van der Waals surface area contributed by atoms with Gasteiger partial charge in [-0.2, -0.15) is 0 Å². The minimum Gasteiger partial charge on any atom is -0.497 e. The highest BCUT2D eigenvalue weighted by molar-refractivity contribution is 7.89. The number of sulfonamides is 1. The van der Waals surface area contributed by atoms with E-state index in [-0.39, 0.29) is 28.7 Å². The summed E-state index contributed by atoms with van der Waals surface area (Å²) >= 11 is 0. The zero-order valence-electron chi connectivity index (χ0n) is 21.9. The topological polar surface area (TPSA) is 106 Å². The number of rotatable bonds is 10. The van der Waals surface area contributed by atoms with Gasteiger partial charge in [-0.05, 0) is 60.9 Å². The van der Waals surface area contributed by atoms with E-state index in [0.29, 0.717) is 26.1 Å². The summed E-state index contributed by atoms with van der Waals surface area (Å²) in [5.41, 5.74) is 3.08. The van der Waals surface area contributed by atoms with Gasteiger partial charge in [0.1, 0.15) is 11.5 Å². The van der Waals surface area contributed by atoms with Crippen LogP contribution in [0.2, 0.25) is 0 Å². The molecule has 1 aliphatic rings. The van der Waals surface area contributed by atoms with Crippen molar-refractivity contribution in [2.75, 3.05) is 33.9 Å². The molecule has 2 unspecified atom stereocenters. The fourth-order valence-corrected chi connectivity index (χ4v) is 5.93. The summed E-state index contributed by atoms with van der Waals surface area (Å²) in [4.78, 5) is 13.4. The van der Waals surface area contributed by atoms with Crippen LogP contribution in [0.25, 0.3) is 0 Å². The van der Waals surface area contributed by atoms with Gasteiger partial charge in [-0.25, -0.2) is 13.1 Å². The second-order valence-corrected chi connectivity index (χ2v) is 11.3. The van der Waals surface area contributed by atoms with Crippen LogP contribution in [0.5, 0.6) is 11.5 Å². The number of methoxy groups -OCH3 is 2. The lowest BCUT2D eigenvalue weighted by molar-refractivity contribution is -0.125. The van der Waals surface area contributed by atoms with E-state index in [2.05, 4.69) is 15.4 Å². The van der Waals surface area contributed by atoms with Crippen LogP contribution < -0.4 is 24.8 Å². The minimum atomic E-state index is -3.68. The molecule has 1 amide bonds. The number of hydrogen-bond acceptors (Lipinski definition) is 6. The number of carbonyl (C=O) groups is 1. The summed E-state index contributed by atoms with van der Waals surface area (Å²) in [5.74, 6) is 0.978. The maximum absolute atomic E-state index is 13.2. The molecule has 0 aromatic heterocycles. The van der Waals surface area contributed by atoms with Crippen molar-refractivity contribution in [3.05, 3.63) is 89.5 Å². The summed E-state index contributed by atoms with van der Waals surface area (Å²) in [5, 5.41) is 6.32. The Morgan fingerprint density at radius 3 is 1.97 bits per heavy atom. The van der Waals surface area contributed by atoms with Crippen molar-refractivity contribution in [3.63, 3.8) is 0 Å². The molecule has 8 nitrogen and oxygen atoms in total. The third-order valence-electron chi connectivity index (χ3n) is 6.89. The number of amides is 1. The first-order valence-corrected chi connectivity index (χ1v) is 14.1. The van der Waals surface area contributed by atoms with Gasteiger partial charge in [-0.15, -0.1) is 0 Å². The van der Waals surface area contributed by atoms with Crippen LogP contribution in [0, 0.1) is 12.8 Å². The lowest BCUT2D eigenvalue weighted by Gasteiger charge is -2.30. The van der Waals surface area contributed by atoms with Crippen molar-refractivity contribution in [3.8, 4) is 11.5 Å². The molecule has 1 heterocycles. The molecule has 38 heavy (non-hydrogen) atoms. The average Bonchev–Trinajstić information content (AvgIpc) is 2.94. The molecule has 3 N–H and O–H groups in total. The lowest BCUT2D eigenvalue weighted by Crippen LogP contribution is -2.52. The summed E-state index contributed by atoms with van der Waals surface area (Å²) in [7, 11) is -0.422. The number of hydrogen-bond donors (Lipinski definition) is 3. The number of carbonyl (C=O) groups excluding carboxylic acids is 1. The van der Waals surface area contributed by atoms with Crippen molar-refractivity contribution in [1.82, 2.24) is 15.4 Å². The Morgan fingerprint density at radius 2 is 1.45 bits per heavy atom. The van der Waals surface area contributed by atoms with Crippen LogP contribution in [0.15, 0.2) is 77.7 Å². The molecule has 2 atom stereocenters. The molecule has 0 radical (unpaired) electrons. The highest BCUT2D eigenvalue weighted by atomic mass is 32.2. The number of nitrogens with one attached hydrogen (secondary N) is 3. The first kappa shape index (κ1) is 27.6. The molecule has 3 aromatic carbocycles. The largest absolute Gasteiger partial charge is 0.497 e. The van der Waals surface area contributed by atoms with Crippen LogP contribution in [0.1, 0.15) is 29.0 Å². The molecule has 1 saturated heterocycles. The van der Waals surface area contributed by atoms with Crippen molar-refractivity contribution < 1.29 is 22.7 Å². The van der Waals surface area contributed by atoms with E-state index in [1.807, 2.05) is 55.5 Å². The summed E-state index contributed by atoms with van der Waals surface area (Å²) in [6, 6.07) is 22.0. The van der Waals surface area contributed by atoms with Gasteiger partial charge in [0, 0.05) is 31.6 Å². The molecule has 9 heteroatoms. The average molecular weight is 538 g/mol. The number of ether oxygens (including phenoxy) is 2. The number of piperidine rings is 1. The van der Waals surface area contributed by atoms with Gasteiger partial charge in [-0.3, -0.25) is 4.79 Å². The Kier molecular flexibility index (Phi) is 9.04. The monoisotopic (exact) mass is 537 g/mol. The third kappa shape index (κ3) is 6.92. The Hall–Kier alpha value is -3.40. The van der Waals surface area contributed by atoms with E-state index in [0.717, 1.165) is 28.2 Å². The molecule has 0 bridgehead atoms. The molecule has 0 saturated carbocycles. The smallest absolute Gasteiger partial charge is 0.240 e. The third-order valence-corrected chi connectivity index (χ3v) is 8.43. The SMILES string of the molecule is COc1ccc(C(CNC(=O)C2CNCC(NS(=O)(=O)c3ccc(C)cc3)C2)c2ccc(OC)cc2)cc1. The fourth-order valence-electron chi connectivity index (χ4n) is 4.68. The van der Waals surface area contributed by atoms with Crippen LogP contribution in [0.3, 0.4) is 0 Å². The van der Waals surface area contributed by atoms with Crippen molar-refractivity contribution in [2.45, 2.75) is 30.2 Å². The minimum absolute atomic E-state index is 0.0804. The maximum Gasteiger partial charge on any atom is 0.240 e. The van der Waals surface area contributed by atoms with Crippen molar-refractivity contribution in [1.29, 1.82) is 0 Å². The van der Waals surface area contributed by atoms with E-state index in [9.17, 15) is 13.2 Å². The van der Waals surface area contributed by atoms with Gasteiger partial charge in [0.2, 0.25) is 15.9 Å². The van der Waals surface area contributed by atoms with Crippen LogP contribution in [0.4, 0.5) is 0 Å². The van der Waals surface area contributed by atoms with Gasteiger partial charge >= 0.3 is 0 Å². The maximum atomic E-state index is 13.2. The first-order valence-electron chi connectivity index (χ1n) is 12.6. The van der Waals surface area contributed by atoms with Crippen LogP contribution >= 0.6 is 0 Å². The molecular formula is C29H35N3O5S. The fraction of sp³-hybridized carbons (Fsp3) is 0.345. The Balaban J connectivity index is 1.42. The molecule has 0 aliphatic carbocycles. The predicted octanol–water partition coefficient (Wildman–Crippen LogP) is 3.22. The van der Waals surface area contributed by atoms with E-state index in [4.69, 9.17) is 9.47 Å². The summed E-state index contributed by atoms with van der Waals surface area (Å²) < 4.78 is 39.1. The molecule has 4 rings (SSSR count). The highest BCUT2D eigenvalue weighted by Crippen LogP contribution is 2.28. The number of aryl methyl sites for hydroxylation is 1. The normalized spacial score (nSPS) is 17.7. The van der Waals surface area contributed by atoms with Gasteiger partial charge in [0.15, 0.2) is 0 Å². The lowest BCUT2D eigenvalue weighted by atomic mass is 9.90. The molecule has 3 aromatic rings. The van der Waals surface area contributed by atoms with E-state index < -0.39 is 10.0 Å². The summed E-state index contributed by atoms with van der Waals surface area (Å²) in [6.45, 7) is 3.26. The number of benzene rings is 3. The Labute approximate surface area is 224 Å². The first-order chi connectivity index (χ1) is 18.3. The summed E-state index contributed by atoms with van der Waals surface area (Å²) in [6.07, 6.45) is 0.416. The predicted molar refractivity (Wildman–Crippen MR) is 147 cm³/mol. The Morgan fingerprint density at radius 1 is 0.895 bits per heavy atom. The van der Waals surface area contributed by atoms with Crippen LogP contribution in [-0.4, -0.2) is 54.2 Å². The van der Waals surface area contributed by atoms with Crippen molar-refractivity contribution in [2.24, 2.45) is 5.92 Å². The standard InChI is InChI=1S/C29H35N3O5S/c1-20-4-14-27(15-5-20)38(34,35)32-24-16-23(17-30-18-24)29(33)31-19-28(21-6-10-25(36-2)11-7-21)22-8-12-26(37-3)13-9-22/h4-15,23-24,28,30,32H,16-19H2,1-3H3,(H,31,33). The van der Waals surface area contributed by atoms with E-state index >= 15 is 0 Å². The molecule has 0 spiro atoms. The van der Waals surface area contributed by atoms with Crippen molar-refractivity contribution >= 4 is 15.9 Å². The second-order valence-electron chi connectivity index (χ2n) is 9.57. The zero-order valence-corrected chi connectivity index (χ0v) is 22.8. The van der Waals surface area contributed by atoms with Gasteiger partial charge in [0.25, 0.3) is 0 Å². The molecule has 1 aliphatic heterocycles. The van der Waals surface area contributed by atoms with E-state index in [1.165, 1.54) is 0 Å². The zero-order chi connectivity index (χ0) is 27.1. The molecule has 202 valence electrons. The van der Waals surface area contributed by atoms with Crippen LogP contribution in [-0.2, 0) is 14.8 Å². The Bertz CT molecular complexity index is 1260. The highest BCUT2D eigenvalue weighted by Gasteiger charge is 2.30. The van der Waals surface area contributed by atoms with Gasteiger partial charge in [0.05, 0.1) is 25.0 Å².